The van der Waals surface area contributed by atoms with Crippen LogP contribution in [0.2, 0.25) is 0 Å². The SMILES string of the molecule is CC1CCN(C(=O)c2cccn2CC(=O)O)C(C)C1. The number of carboxylic acids is 1. The number of rotatable bonds is 3. The number of likely N-dealkylation sites (tertiary alicyclic amines) is 1. The lowest BCUT2D eigenvalue weighted by Crippen LogP contribution is -2.44. The first kappa shape index (κ1) is 13.6. The highest BCUT2D eigenvalue weighted by atomic mass is 16.4. The number of nitrogens with zero attached hydrogens (tertiary/aromatic N) is 2. The van der Waals surface area contributed by atoms with E-state index in [1.165, 1.54) is 4.57 Å². The highest BCUT2D eigenvalue weighted by Gasteiger charge is 2.28. The van der Waals surface area contributed by atoms with Crippen molar-refractivity contribution in [2.45, 2.75) is 39.3 Å². The molecule has 1 fully saturated rings. The Morgan fingerprint density at radius 3 is 2.79 bits per heavy atom. The smallest absolute Gasteiger partial charge is 0.323 e. The van der Waals surface area contributed by atoms with Crippen LogP contribution >= 0.6 is 0 Å². The van der Waals surface area contributed by atoms with Crippen LogP contribution in [0.4, 0.5) is 0 Å². The third-order valence-electron chi connectivity index (χ3n) is 3.75. The van der Waals surface area contributed by atoms with Crippen molar-refractivity contribution in [3.8, 4) is 0 Å². The van der Waals surface area contributed by atoms with Gasteiger partial charge in [-0.25, -0.2) is 0 Å². The molecule has 0 radical (unpaired) electrons. The predicted molar refractivity (Wildman–Crippen MR) is 71.0 cm³/mol. The maximum absolute atomic E-state index is 12.5. The third-order valence-corrected chi connectivity index (χ3v) is 3.75. The highest BCUT2D eigenvalue weighted by molar-refractivity contribution is 5.93. The van der Waals surface area contributed by atoms with E-state index >= 15 is 0 Å². The average molecular weight is 264 g/mol. The van der Waals surface area contributed by atoms with E-state index in [0.717, 1.165) is 19.4 Å². The van der Waals surface area contributed by atoms with Crippen molar-refractivity contribution in [3.05, 3.63) is 24.0 Å². The molecule has 5 heteroatoms. The molecule has 5 nitrogen and oxygen atoms in total. The number of aliphatic carboxylic acids is 1. The van der Waals surface area contributed by atoms with Gasteiger partial charge in [0.05, 0.1) is 0 Å². The fraction of sp³-hybridized carbons (Fsp3) is 0.571. The molecule has 1 aromatic heterocycles. The molecule has 1 amide bonds. The first-order valence-electron chi connectivity index (χ1n) is 6.67. The minimum Gasteiger partial charge on any atom is -0.480 e. The maximum Gasteiger partial charge on any atom is 0.323 e. The molecule has 104 valence electrons. The van der Waals surface area contributed by atoms with Crippen molar-refractivity contribution >= 4 is 11.9 Å². The number of amides is 1. The van der Waals surface area contributed by atoms with Crippen molar-refractivity contribution in [2.75, 3.05) is 6.54 Å². The molecule has 2 heterocycles. The van der Waals surface area contributed by atoms with E-state index < -0.39 is 5.97 Å². The standard InChI is InChI=1S/C14H20N2O3/c1-10-5-7-16(11(2)8-10)14(19)12-4-3-6-15(12)9-13(17)18/h3-4,6,10-11H,5,7-9H2,1-2H3,(H,17,18). The molecule has 2 unspecified atom stereocenters. The summed E-state index contributed by atoms with van der Waals surface area (Å²) in [7, 11) is 0. The van der Waals surface area contributed by atoms with Gasteiger partial charge in [0.25, 0.3) is 5.91 Å². The fourth-order valence-electron chi connectivity index (χ4n) is 2.75. The van der Waals surface area contributed by atoms with Gasteiger partial charge < -0.3 is 14.6 Å². The van der Waals surface area contributed by atoms with E-state index in [1.54, 1.807) is 18.3 Å². The number of piperidine rings is 1. The Hall–Kier alpha value is -1.78. The Kier molecular flexibility index (Phi) is 3.93. The van der Waals surface area contributed by atoms with Crippen LogP contribution in [0.3, 0.4) is 0 Å². The first-order valence-corrected chi connectivity index (χ1v) is 6.67. The number of carbonyl (C=O) groups is 2. The van der Waals surface area contributed by atoms with Gasteiger partial charge in [-0.15, -0.1) is 0 Å². The molecule has 1 saturated heterocycles. The van der Waals surface area contributed by atoms with Crippen LogP contribution in [0.1, 0.15) is 37.2 Å². The van der Waals surface area contributed by atoms with Crippen LogP contribution in [0, 0.1) is 5.92 Å². The van der Waals surface area contributed by atoms with E-state index in [1.807, 2.05) is 4.90 Å². The molecular formula is C14H20N2O3. The van der Waals surface area contributed by atoms with E-state index in [4.69, 9.17) is 5.11 Å². The molecule has 19 heavy (non-hydrogen) atoms. The van der Waals surface area contributed by atoms with Crippen molar-refractivity contribution < 1.29 is 14.7 Å². The summed E-state index contributed by atoms with van der Waals surface area (Å²) in [6.45, 7) is 4.83. The molecule has 0 aromatic carbocycles. The van der Waals surface area contributed by atoms with E-state index in [-0.39, 0.29) is 18.5 Å². The lowest BCUT2D eigenvalue weighted by Gasteiger charge is -2.36. The average Bonchev–Trinajstić information content (AvgIpc) is 2.75. The molecule has 0 aliphatic carbocycles. The predicted octanol–water partition coefficient (Wildman–Crippen LogP) is 1.83. The van der Waals surface area contributed by atoms with E-state index in [0.29, 0.717) is 11.6 Å². The lowest BCUT2D eigenvalue weighted by molar-refractivity contribution is -0.137. The summed E-state index contributed by atoms with van der Waals surface area (Å²) in [6.07, 6.45) is 3.65. The second-order valence-corrected chi connectivity index (χ2v) is 5.39. The van der Waals surface area contributed by atoms with Crippen LogP contribution in [-0.2, 0) is 11.3 Å². The van der Waals surface area contributed by atoms with E-state index in [9.17, 15) is 9.59 Å². The van der Waals surface area contributed by atoms with E-state index in [2.05, 4.69) is 13.8 Å². The summed E-state index contributed by atoms with van der Waals surface area (Å²) in [5, 5.41) is 8.84. The van der Waals surface area contributed by atoms with Gasteiger partial charge >= 0.3 is 5.97 Å². The zero-order valence-electron chi connectivity index (χ0n) is 11.4. The summed E-state index contributed by atoms with van der Waals surface area (Å²) in [5.41, 5.74) is 0.462. The van der Waals surface area contributed by atoms with Crippen LogP contribution in [0.15, 0.2) is 18.3 Å². The summed E-state index contributed by atoms with van der Waals surface area (Å²) in [4.78, 5) is 25.1. The number of carbonyl (C=O) groups excluding carboxylic acids is 1. The Bertz CT molecular complexity index is 481. The highest BCUT2D eigenvalue weighted by Crippen LogP contribution is 2.23. The quantitative estimate of drug-likeness (QED) is 0.906. The van der Waals surface area contributed by atoms with Crippen molar-refractivity contribution in [3.63, 3.8) is 0 Å². The van der Waals surface area contributed by atoms with Crippen molar-refractivity contribution in [2.24, 2.45) is 5.92 Å². The van der Waals surface area contributed by atoms with Gasteiger partial charge in [-0.1, -0.05) is 6.92 Å². The van der Waals surface area contributed by atoms with Gasteiger partial charge in [0.1, 0.15) is 12.2 Å². The van der Waals surface area contributed by atoms with Crippen molar-refractivity contribution in [1.82, 2.24) is 9.47 Å². The minimum atomic E-state index is -0.939. The molecule has 0 spiro atoms. The lowest BCUT2D eigenvalue weighted by atomic mass is 9.93. The van der Waals surface area contributed by atoms with Gasteiger partial charge in [0.2, 0.25) is 0 Å². The Morgan fingerprint density at radius 2 is 2.16 bits per heavy atom. The topological polar surface area (TPSA) is 62.5 Å². The number of aromatic nitrogens is 1. The molecule has 0 bridgehead atoms. The van der Waals surface area contributed by atoms with Gasteiger partial charge in [0, 0.05) is 18.8 Å². The molecule has 0 saturated carbocycles. The second kappa shape index (κ2) is 5.47. The summed E-state index contributed by atoms with van der Waals surface area (Å²) < 4.78 is 1.50. The van der Waals surface area contributed by atoms with Crippen LogP contribution in [-0.4, -0.2) is 39.0 Å². The number of hydrogen-bond donors (Lipinski definition) is 1. The monoisotopic (exact) mass is 264 g/mol. The normalized spacial score (nSPS) is 23.4. The molecular weight excluding hydrogens is 244 g/mol. The number of hydrogen-bond acceptors (Lipinski definition) is 2. The molecule has 1 aromatic rings. The van der Waals surface area contributed by atoms with Crippen LogP contribution in [0.5, 0.6) is 0 Å². The second-order valence-electron chi connectivity index (χ2n) is 5.39. The third kappa shape index (κ3) is 2.97. The Labute approximate surface area is 112 Å². The van der Waals surface area contributed by atoms with Gasteiger partial charge in [-0.2, -0.15) is 0 Å². The largest absolute Gasteiger partial charge is 0.480 e. The zero-order valence-corrected chi connectivity index (χ0v) is 11.4. The van der Waals surface area contributed by atoms with Gasteiger partial charge in [-0.05, 0) is 37.8 Å². The summed E-state index contributed by atoms with van der Waals surface area (Å²) >= 11 is 0. The number of carboxylic acid groups (broad SMARTS) is 1. The van der Waals surface area contributed by atoms with Crippen LogP contribution in [0.25, 0.3) is 0 Å². The minimum absolute atomic E-state index is 0.0642. The first-order chi connectivity index (χ1) is 8.99. The molecule has 1 N–H and O–H groups in total. The molecule has 2 atom stereocenters. The zero-order chi connectivity index (χ0) is 14.0. The molecule has 1 aliphatic heterocycles. The van der Waals surface area contributed by atoms with Gasteiger partial charge in [-0.3, -0.25) is 9.59 Å². The maximum atomic E-state index is 12.5. The summed E-state index contributed by atoms with van der Waals surface area (Å²) in [6, 6.07) is 3.62. The van der Waals surface area contributed by atoms with Gasteiger partial charge in [0.15, 0.2) is 0 Å². The Balaban J connectivity index is 2.15. The molecule has 2 rings (SSSR count). The summed E-state index contributed by atoms with van der Waals surface area (Å²) in [5.74, 6) is -0.360. The molecule has 1 aliphatic rings. The fourth-order valence-corrected chi connectivity index (χ4v) is 2.75. The van der Waals surface area contributed by atoms with Crippen molar-refractivity contribution in [1.29, 1.82) is 0 Å². The Morgan fingerprint density at radius 1 is 1.42 bits per heavy atom. The van der Waals surface area contributed by atoms with Crippen LogP contribution < -0.4 is 0 Å².